The summed E-state index contributed by atoms with van der Waals surface area (Å²) in [7, 11) is 3.33. The Labute approximate surface area is 91.2 Å². The van der Waals surface area contributed by atoms with E-state index in [1.54, 1.807) is 14.2 Å². The summed E-state index contributed by atoms with van der Waals surface area (Å²) in [6, 6.07) is 5.88. The van der Waals surface area contributed by atoms with Crippen molar-refractivity contribution >= 4 is 0 Å². The summed E-state index contributed by atoms with van der Waals surface area (Å²) >= 11 is 0. The predicted octanol–water partition coefficient (Wildman–Crippen LogP) is 2.04. The summed E-state index contributed by atoms with van der Waals surface area (Å²) in [5.74, 6) is 0.823. The molecule has 1 rings (SSSR count). The lowest BCUT2D eigenvalue weighted by Gasteiger charge is -2.23. The Kier molecular flexibility index (Phi) is 3.72. The van der Waals surface area contributed by atoms with Crippen LogP contribution >= 0.6 is 0 Å². The highest BCUT2D eigenvalue weighted by Crippen LogP contribution is 2.26. The van der Waals surface area contributed by atoms with Gasteiger partial charge in [0, 0.05) is 12.6 Å². The van der Waals surface area contributed by atoms with Crippen LogP contribution < -0.4 is 10.5 Å². The molecular formula is C12H19NO2. The zero-order valence-electron chi connectivity index (χ0n) is 9.83. The van der Waals surface area contributed by atoms with Crippen molar-refractivity contribution in [1.29, 1.82) is 0 Å². The molecule has 0 aliphatic rings. The average molecular weight is 209 g/mol. The Morgan fingerprint density at radius 2 is 1.93 bits per heavy atom. The highest BCUT2D eigenvalue weighted by atomic mass is 16.5. The Balaban J connectivity index is 3.16. The third kappa shape index (κ3) is 2.94. The maximum atomic E-state index is 6.10. The molecule has 0 saturated heterocycles. The largest absolute Gasteiger partial charge is 0.497 e. The molecule has 0 fully saturated rings. The minimum absolute atomic E-state index is 0.387. The van der Waals surface area contributed by atoms with Crippen LogP contribution in [0.25, 0.3) is 0 Å². The summed E-state index contributed by atoms with van der Waals surface area (Å²) in [6.45, 7) is 4.52. The molecule has 3 heteroatoms. The lowest BCUT2D eigenvalue weighted by molar-refractivity contribution is 0.183. The molecule has 0 unspecified atom stereocenters. The van der Waals surface area contributed by atoms with Crippen molar-refractivity contribution in [3.63, 3.8) is 0 Å². The zero-order valence-corrected chi connectivity index (χ0v) is 9.83. The van der Waals surface area contributed by atoms with Gasteiger partial charge in [0.15, 0.2) is 0 Å². The van der Waals surface area contributed by atoms with Gasteiger partial charge >= 0.3 is 0 Å². The molecule has 15 heavy (non-hydrogen) atoms. The van der Waals surface area contributed by atoms with Crippen LogP contribution in [0.1, 0.15) is 25.0 Å². The second kappa shape index (κ2) is 4.64. The van der Waals surface area contributed by atoms with Gasteiger partial charge in [-0.05, 0) is 37.1 Å². The molecule has 0 heterocycles. The molecule has 0 aromatic heterocycles. The molecule has 0 aliphatic carbocycles. The van der Waals surface area contributed by atoms with Gasteiger partial charge in [0.2, 0.25) is 0 Å². The zero-order chi connectivity index (χ0) is 11.5. The Hall–Kier alpha value is -1.06. The first-order chi connectivity index (χ1) is 6.99. The Bertz CT molecular complexity index is 329. The van der Waals surface area contributed by atoms with Crippen LogP contribution in [0.2, 0.25) is 0 Å². The molecule has 84 valence electrons. The van der Waals surface area contributed by atoms with Crippen LogP contribution in [-0.2, 0) is 16.9 Å². The molecule has 0 radical (unpaired) electrons. The number of hydrogen-bond acceptors (Lipinski definition) is 3. The number of rotatable bonds is 4. The van der Waals surface area contributed by atoms with Crippen molar-refractivity contribution in [1.82, 2.24) is 0 Å². The van der Waals surface area contributed by atoms with E-state index in [4.69, 9.17) is 15.2 Å². The summed E-state index contributed by atoms with van der Waals surface area (Å²) in [6.07, 6.45) is 0. The second-order valence-corrected chi connectivity index (χ2v) is 4.18. The van der Waals surface area contributed by atoms with Crippen LogP contribution in [0.3, 0.4) is 0 Å². The van der Waals surface area contributed by atoms with E-state index >= 15 is 0 Å². The van der Waals surface area contributed by atoms with Gasteiger partial charge in [-0.1, -0.05) is 6.07 Å². The van der Waals surface area contributed by atoms with Gasteiger partial charge in [-0.25, -0.2) is 0 Å². The molecule has 0 bridgehead atoms. The van der Waals surface area contributed by atoms with Gasteiger partial charge in [0.1, 0.15) is 5.75 Å². The number of benzene rings is 1. The molecule has 1 aromatic carbocycles. The number of nitrogens with two attached hydrogens (primary N) is 1. The first-order valence-corrected chi connectivity index (χ1v) is 4.94. The Morgan fingerprint density at radius 3 is 2.40 bits per heavy atom. The van der Waals surface area contributed by atoms with Gasteiger partial charge in [-0.3, -0.25) is 0 Å². The minimum Gasteiger partial charge on any atom is -0.497 e. The summed E-state index contributed by atoms with van der Waals surface area (Å²) in [4.78, 5) is 0. The van der Waals surface area contributed by atoms with Crippen molar-refractivity contribution in [3.05, 3.63) is 29.3 Å². The molecule has 0 spiro atoms. The van der Waals surface area contributed by atoms with E-state index in [0.29, 0.717) is 6.61 Å². The fourth-order valence-electron chi connectivity index (χ4n) is 1.56. The fraction of sp³-hybridized carbons (Fsp3) is 0.500. The van der Waals surface area contributed by atoms with Crippen molar-refractivity contribution in [2.45, 2.75) is 26.0 Å². The molecule has 2 N–H and O–H groups in total. The SMILES string of the molecule is COCc1ccc(OC)cc1C(C)(C)N. The topological polar surface area (TPSA) is 44.5 Å². The summed E-state index contributed by atoms with van der Waals surface area (Å²) in [5.41, 5.74) is 7.88. The molecule has 0 aliphatic heterocycles. The molecule has 3 nitrogen and oxygen atoms in total. The third-order valence-corrected chi connectivity index (χ3v) is 2.31. The van der Waals surface area contributed by atoms with Crippen LogP contribution in [0, 0.1) is 0 Å². The maximum Gasteiger partial charge on any atom is 0.119 e. The number of ether oxygens (including phenoxy) is 2. The van der Waals surface area contributed by atoms with Crippen LogP contribution in [0.15, 0.2) is 18.2 Å². The number of hydrogen-bond donors (Lipinski definition) is 1. The van der Waals surface area contributed by atoms with Gasteiger partial charge in [0.05, 0.1) is 13.7 Å². The van der Waals surface area contributed by atoms with E-state index in [0.717, 1.165) is 16.9 Å². The summed E-state index contributed by atoms with van der Waals surface area (Å²) in [5, 5.41) is 0. The molecule has 1 aromatic rings. The number of methoxy groups -OCH3 is 2. The first kappa shape index (κ1) is 12.0. The van der Waals surface area contributed by atoms with E-state index in [-0.39, 0.29) is 5.54 Å². The van der Waals surface area contributed by atoms with Crippen molar-refractivity contribution < 1.29 is 9.47 Å². The van der Waals surface area contributed by atoms with Crippen molar-refractivity contribution in [2.24, 2.45) is 5.73 Å². The molecular weight excluding hydrogens is 190 g/mol. The Morgan fingerprint density at radius 1 is 1.27 bits per heavy atom. The van der Waals surface area contributed by atoms with Gasteiger partial charge in [-0.15, -0.1) is 0 Å². The monoisotopic (exact) mass is 209 g/mol. The fourth-order valence-corrected chi connectivity index (χ4v) is 1.56. The standard InChI is InChI=1S/C12H19NO2/c1-12(2,13)11-7-10(15-4)6-5-9(11)8-14-3/h5-7H,8,13H2,1-4H3. The first-order valence-electron chi connectivity index (χ1n) is 4.94. The van der Waals surface area contributed by atoms with Crippen molar-refractivity contribution in [2.75, 3.05) is 14.2 Å². The van der Waals surface area contributed by atoms with E-state index < -0.39 is 0 Å². The minimum atomic E-state index is -0.387. The molecule has 0 saturated carbocycles. The lowest BCUT2D eigenvalue weighted by atomic mass is 9.91. The van der Waals surface area contributed by atoms with Gasteiger partial charge in [0.25, 0.3) is 0 Å². The van der Waals surface area contributed by atoms with Crippen LogP contribution in [0.5, 0.6) is 5.75 Å². The second-order valence-electron chi connectivity index (χ2n) is 4.18. The molecule has 0 amide bonds. The van der Waals surface area contributed by atoms with Gasteiger partial charge < -0.3 is 15.2 Å². The van der Waals surface area contributed by atoms with E-state index in [1.807, 2.05) is 32.0 Å². The van der Waals surface area contributed by atoms with E-state index in [9.17, 15) is 0 Å². The lowest BCUT2D eigenvalue weighted by Crippen LogP contribution is -2.30. The van der Waals surface area contributed by atoms with Crippen LogP contribution in [-0.4, -0.2) is 14.2 Å². The highest BCUT2D eigenvalue weighted by Gasteiger charge is 2.18. The maximum absolute atomic E-state index is 6.10. The third-order valence-electron chi connectivity index (χ3n) is 2.31. The van der Waals surface area contributed by atoms with Gasteiger partial charge in [-0.2, -0.15) is 0 Å². The van der Waals surface area contributed by atoms with E-state index in [1.165, 1.54) is 0 Å². The predicted molar refractivity (Wildman–Crippen MR) is 60.9 cm³/mol. The average Bonchev–Trinajstić information content (AvgIpc) is 2.17. The van der Waals surface area contributed by atoms with Crippen LogP contribution in [0.4, 0.5) is 0 Å². The normalized spacial score (nSPS) is 11.5. The highest BCUT2D eigenvalue weighted by molar-refractivity contribution is 5.39. The van der Waals surface area contributed by atoms with E-state index in [2.05, 4.69) is 0 Å². The molecule has 0 atom stereocenters. The quantitative estimate of drug-likeness (QED) is 0.825. The van der Waals surface area contributed by atoms with Crippen molar-refractivity contribution in [3.8, 4) is 5.75 Å². The smallest absolute Gasteiger partial charge is 0.119 e. The summed E-state index contributed by atoms with van der Waals surface area (Å²) < 4.78 is 10.3.